The fourth-order valence-corrected chi connectivity index (χ4v) is 2.59. The van der Waals surface area contributed by atoms with Gasteiger partial charge in [-0.3, -0.25) is 9.78 Å². The Morgan fingerprint density at radius 1 is 1.08 bits per heavy atom. The zero-order valence-corrected chi connectivity index (χ0v) is 12.8. The number of benzene rings is 2. The molecular weight excluding hydrogens is 322 g/mol. The molecule has 0 aliphatic heterocycles. The van der Waals surface area contributed by atoms with Crippen LogP contribution in [0.25, 0.3) is 21.9 Å². The highest BCUT2D eigenvalue weighted by molar-refractivity contribution is 5.95. The summed E-state index contributed by atoms with van der Waals surface area (Å²) in [6.45, 7) is 0. The Bertz CT molecular complexity index is 1160. The van der Waals surface area contributed by atoms with E-state index in [1.807, 2.05) is 0 Å². The molecule has 0 amide bonds. The normalized spacial score (nSPS) is 10.9. The highest BCUT2D eigenvalue weighted by Gasteiger charge is 2.15. The van der Waals surface area contributed by atoms with E-state index in [4.69, 9.17) is 9.15 Å². The standard InChI is InChI=1S/C19H11NO5/c21-14-8-12(24-19(23)11-4-3-7-20-10-11)9-16-17(14)18(22)13-5-1-2-6-15(13)25-16/h1-10,21H. The summed E-state index contributed by atoms with van der Waals surface area (Å²) in [7, 11) is 0. The molecule has 6 heteroatoms. The van der Waals surface area contributed by atoms with Crippen molar-refractivity contribution in [1.82, 2.24) is 4.98 Å². The number of carbonyl (C=O) groups excluding carboxylic acids is 1. The Kier molecular flexibility index (Phi) is 3.43. The Balaban J connectivity index is 1.83. The molecule has 0 saturated carbocycles. The second-order valence-electron chi connectivity index (χ2n) is 5.37. The highest BCUT2D eigenvalue weighted by Crippen LogP contribution is 2.30. The van der Waals surface area contributed by atoms with Gasteiger partial charge in [-0.15, -0.1) is 0 Å². The van der Waals surface area contributed by atoms with E-state index in [9.17, 15) is 14.7 Å². The molecular formula is C19H11NO5. The van der Waals surface area contributed by atoms with Crippen LogP contribution in [0.1, 0.15) is 10.4 Å². The van der Waals surface area contributed by atoms with Crippen LogP contribution in [0.15, 0.2) is 70.1 Å². The molecule has 0 unspecified atom stereocenters. The first-order chi connectivity index (χ1) is 12.1. The predicted molar refractivity (Wildman–Crippen MR) is 90.9 cm³/mol. The summed E-state index contributed by atoms with van der Waals surface area (Å²) in [6.07, 6.45) is 2.91. The fourth-order valence-electron chi connectivity index (χ4n) is 2.59. The Morgan fingerprint density at radius 2 is 1.92 bits per heavy atom. The molecule has 2 aromatic heterocycles. The second-order valence-corrected chi connectivity index (χ2v) is 5.37. The zero-order valence-electron chi connectivity index (χ0n) is 12.8. The number of aromatic nitrogens is 1. The number of rotatable bonds is 2. The summed E-state index contributed by atoms with van der Waals surface area (Å²) in [5.41, 5.74) is 0.439. The van der Waals surface area contributed by atoms with E-state index in [-0.39, 0.29) is 33.5 Å². The molecule has 0 spiro atoms. The lowest BCUT2D eigenvalue weighted by Crippen LogP contribution is -2.09. The second kappa shape index (κ2) is 5.76. The van der Waals surface area contributed by atoms with Gasteiger partial charge in [0.1, 0.15) is 28.1 Å². The monoisotopic (exact) mass is 333 g/mol. The van der Waals surface area contributed by atoms with Crippen molar-refractivity contribution in [2.45, 2.75) is 0 Å². The summed E-state index contributed by atoms with van der Waals surface area (Å²) >= 11 is 0. The van der Waals surface area contributed by atoms with Crippen molar-refractivity contribution >= 4 is 27.9 Å². The largest absolute Gasteiger partial charge is 0.507 e. The van der Waals surface area contributed by atoms with Crippen LogP contribution >= 0.6 is 0 Å². The molecule has 1 N–H and O–H groups in total. The average Bonchev–Trinajstić information content (AvgIpc) is 2.62. The van der Waals surface area contributed by atoms with E-state index >= 15 is 0 Å². The molecule has 6 nitrogen and oxygen atoms in total. The lowest BCUT2D eigenvalue weighted by atomic mass is 10.1. The first kappa shape index (κ1) is 14.9. The summed E-state index contributed by atoms with van der Waals surface area (Å²) in [6, 6.07) is 12.5. The molecule has 0 fully saturated rings. The SMILES string of the molecule is O=C(Oc1cc(O)c2c(=O)c3ccccc3oc2c1)c1cccnc1. The Morgan fingerprint density at radius 3 is 2.72 bits per heavy atom. The first-order valence-electron chi connectivity index (χ1n) is 7.44. The van der Waals surface area contributed by atoms with E-state index in [0.717, 1.165) is 0 Å². The van der Waals surface area contributed by atoms with Crippen LogP contribution in [-0.4, -0.2) is 16.1 Å². The topological polar surface area (TPSA) is 89.6 Å². The smallest absolute Gasteiger partial charge is 0.345 e. The van der Waals surface area contributed by atoms with Gasteiger partial charge in [0, 0.05) is 24.5 Å². The van der Waals surface area contributed by atoms with Crippen molar-refractivity contribution in [3.63, 3.8) is 0 Å². The third kappa shape index (κ3) is 2.59. The molecule has 25 heavy (non-hydrogen) atoms. The molecule has 4 aromatic rings. The van der Waals surface area contributed by atoms with Crippen molar-refractivity contribution < 1.29 is 19.1 Å². The van der Waals surface area contributed by atoms with Gasteiger partial charge in [0.05, 0.1) is 10.9 Å². The van der Waals surface area contributed by atoms with E-state index in [2.05, 4.69) is 4.98 Å². The molecule has 0 bridgehead atoms. The number of ether oxygens (including phenoxy) is 1. The lowest BCUT2D eigenvalue weighted by molar-refractivity contribution is 0.0734. The van der Waals surface area contributed by atoms with Gasteiger partial charge < -0.3 is 14.3 Å². The number of hydrogen-bond acceptors (Lipinski definition) is 6. The molecule has 0 saturated heterocycles. The van der Waals surface area contributed by atoms with Crippen LogP contribution in [0.2, 0.25) is 0 Å². The molecule has 0 aliphatic carbocycles. The Hall–Kier alpha value is -3.67. The maximum Gasteiger partial charge on any atom is 0.345 e. The average molecular weight is 333 g/mol. The van der Waals surface area contributed by atoms with Gasteiger partial charge in [-0.05, 0) is 24.3 Å². The maximum atomic E-state index is 12.5. The third-order valence-electron chi connectivity index (χ3n) is 3.74. The number of esters is 1. The van der Waals surface area contributed by atoms with Gasteiger partial charge in [0.25, 0.3) is 0 Å². The first-order valence-corrected chi connectivity index (χ1v) is 7.44. The van der Waals surface area contributed by atoms with E-state index < -0.39 is 5.97 Å². The van der Waals surface area contributed by atoms with E-state index in [1.165, 1.54) is 18.3 Å². The number of nitrogens with zero attached hydrogens (tertiary/aromatic N) is 1. The maximum absolute atomic E-state index is 12.5. The fraction of sp³-hybridized carbons (Fsp3) is 0. The quantitative estimate of drug-likeness (QED) is 0.344. The van der Waals surface area contributed by atoms with Crippen LogP contribution < -0.4 is 10.2 Å². The summed E-state index contributed by atoms with van der Waals surface area (Å²) in [5.74, 6) is -0.877. The number of aromatic hydroxyl groups is 1. The minimum Gasteiger partial charge on any atom is -0.507 e. The number of para-hydroxylation sites is 1. The van der Waals surface area contributed by atoms with Crippen molar-refractivity contribution in [3.8, 4) is 11.5 Å². The van der Waals surface area contributed by atoms with Crippen LogP contribution in [0.3, 0.4) is 0 Å². The third-order valence-corrected chi connectivity index (χ3v) is 3.74. The van der Waals surface area contributed by atoms with Crippen LogP contribution in [-0.2, 0) is 0 Å². The summed E-state index contributed by atoms with van der Waals surface area (Å²) in [4.78, 5) is 28.5. The van der Waals surface area contributed by atoms with Crippen molar-refractivity contribution in [2.75, 3.05) is 0 Å². The summed E-state index contributed by atoms with van der Waals surface area (Å²) < 4.78 is 10.9. The zero-order chi connectivity index (χ0) is 17.4. The van der Waals surface area contributed by atoms with Gasteiger partial charge in [0.2, 0.25) is 5.43 Å². The van der Waals surface area contributed by atoms with E-state index in [0.29, 0.717) is 11.0 Å². The van der Waals surface area contributed by atoms with Gasteiger partial charge in [-0.2, -0.15) is 0 Å². The number of phenolic OH excluding ortho intramolecular Hbond substituents is 1. The van der Waals surface area contributed by atoms with Crippen LogP contribution in [0, 0.1) is 0 Å². The number of pyridine rings is 1. The highest BCUT2D eigenvalue weighted by atomic mass is 16.5. The van der Waals surface area contributed by atoms with Crippen molar-refractivity contribution in [2.24, 2.45) is 0 Å². The Labute approximate surface area is 140 Å². The van der Waals surface area contributed by atoms with Crippen molar-refractivity contribution in [3.05, 3.63) is 76.7 Å². The number of phenols is 1. The number of hydrogen-bond donors (Lipinski definition) is 1. The predicted octanol–water partition coefficient (Wildman–Crippen LogP) is 3.27. The molecule has 0 atom stereocenters. The van der Waals surface area contributed by atoms with E-state index in [1.54, 1.807) is 42.6 Å². The minimum absolute atomic E-state index is 0.0416. The lowest BCUT2D eigenvalue weighted by Gasteiger charge is -2.07. The number of fused-ring (bicyclic) bond motifs is 2. The van der Waals surface area contributed by atoms with Gasteiger partial charge in [-0.1, -0.05) is 12.1 Å². The molecule has 4 rings (SSSR count). The van der Waals surface area contributed by atoms with Gasteiger partial charge in [-0.25, -0.2) is 4.79 Å². The molecule has 2 aromatic carbocycles. The molecule has 2 heterocycles. The van der Waals surface area contributed by atoms with Gasteiger partial charge >= 0.3 is 5.97 Å². The molecule has 0 radical (unpaired) electrons. The minimum atomic E-state index is -0.630. The van der Waals surface area contributed by atoms with Crippen LogP contribution in [0.4, 0.5) is 0 Å². The van der Waals surface area contributed by atoms with Crippen LogP contribution in [0.5, 0.6) is 11.5 Å². The molecule has 0 aliphatic rings. The van der Waals surface area contributed by atoms with Gasteiger partial charge in [0.15, 0.2) is 0 Å². The van der Waals surface area contributed by atoms with Crippen molar-refractivity contribution in [1.29, 1.82) is 0 Å². The summed E-state index contributed by atoms with van der Waals surface area (Å²) in [5, 5.41) is 10.6. The number of carbonyl (C=O) groups is 1. The molecule has 122 valence electrons.